The third kappa shape index (κ3) is 6.56. The number of H-pyrrole nitrogens is 1. The maximum atomic E-state index is 10.4. The van der Waals surface area contributed by atoms with Crippen LogP contribution in [0, 0.1) is 6.92 Å². The maximum absolute atomic E-state index is 10.4. The van der Waals surface area contributed by atoms with E-state index in [9.17, 15) is 13.2 Å². The second-order valence-corrected chi connectivity index (χ2v) is 6.43. The number of halogens is 3. The number of hydrogen-bond donors (Lipinski definition) is 1. The van der Waals surface area contributed by atoms with E-state index < -0.39 is 6.18 Å². The van der Waals surface area contributed by atoms with Crippen LogP contribution < -0.4 is 0 Å². The number of hydrogen-bond acceptors (Lipinski definition) is 1. The largest absolute Gasteiger partial charge is 0.469 e. The fourth-order valence-corrected chi connectivity index (χ4v) is 2.99. The van der Waals surface area contributed by atoms with Gasteiger partial charge in [-0.05, 0) is 41.8 Å². The van der Waals surface area contributed by atoms with Gasteiger partial charge in [-0.15, -0.1) is 0 Å². The topological polar surface area (TPSA) is 28.9 Å². The summed E-state index contributed by atoms with van der Waals surface area (Å²) in [7, 11) is 0. The van der Waals surface area contributed by atoms with Crippen molar-refractivity contribution in [1.82, 2.24) is 4.98 Å². The summed E-state index contributed by atoms with van der Waals surface area (Å²) in [6.45, 7) is 6.31. The third-order valence-electron chi connectivity index (χ3n) is 4.06. The molecule has 1 N–H and O–H groups in total. The van der Waals surface area contributed by atoms with Gasteiger partial charge in [0.05, 0.1) is 12.0 Å². The van der Waals surface area contributed by atoms with Crippen molar-refractivity contribution < 1.29 is 17.6 Å². The smallest absolute Gasteiger partial charge is 0.386 e. The number of benzene rings is 2. The molecule has 0 bridgehead atoms. The van der Waals surface area contributed by atoms with Crippen molar-refractivity contribution in [3.05, 3.63) is 83.8 Å². The summed E-state index contributed by atoms with van der Waals surface area (Å²) >= 11 is 0. The maximum Gasteiger partial charge on any atom is 0.386 e. The number of aromatic nitrogens is 1. The summed E-state index contributed by atoms with van der Waals surface area (Å²) in [5.74, 6) is 0.985. The van der Waals surface area contributed by atoms with Crippen molar-refractivity contribution in [3.8, 4) is 11.3 Å². The minimum absolute atomic E-state index is 0.188. The SMILES string of the molecule is CC.CC(F)(F)F.Cc1ccc2c(Cc3ccco3)c(-c3ccccc3)[nH]c2c1. The average molecular weight is 401 g/mol. The zero-order chi connectivity index (χ0) is 21.4. The molecule has 154 valence electrons. The molecule has 0 unspecified atom stereocenters. The minimum atomic E-state index is -4.00. The van der Waals surface area contributed by atoms with Crippen LogP contribution in [0.5, 0.6) is 0 Å². The van der Waals surface area contributed by atoms with Gasteiger partial charge in [0.25, 0.3) is 0 Å². The standard InChI is InChI=1S/C20H17NO.C2H3F3.C2H6/c1-14-9-10-17-18(13-16-8-5-11-22-16)20(21-19(17)12-14)15-6-3-2-4-7-15;1-2(3,4)5;1-2/h2-12,21H,13H2,1H3;1H3;1-2H3. The van der Waals surface area contributed by atoms with Crippen LogP contribution in [0.25, 0.3) is 22.2 Å². The molecule has 2 aromatic heterocycles. The molecule has 0 aliphatic rings. The van der Waals surface area contributed by atoms with Crippen molar-refractivity contribution in [3.63, 3.8) is 0 Å². The molecule has 0 saturated heterocycles. The number of furan rings is 1. The summed E-state index contributed by atoms with van der Waals surface area (Å²) in [6.07, 6.45) is -1.48. The normalized spacial score (nSPS) is 10.7. The summed E-state index contributed by atoms with van der Waals surface area (Å²) in [5.41, 5.74) is 6.12. The molecule has 0 atom stereocenters. The lowest BCUT2D eigenvalue weighted by molar-refractivity contribution is -0.110. The first-order chi connectivity index (χ1) is 13.8. The van der Waals surface area contributed by atoms with Crippen molar-refractivity contribution in [1.29, 1.82) is 0 Å². The summed E-state index contributed by atoms with van der Waals surface area (Å²) < 4.78 is 36.6. The molecule has 0 amide bonds. The molecule has 29 heavy (non-hydrogen) atoms. The molecule has 4 rings (SSSR count). The quantitative estimate of drug-likeness (QED) is 0.371. The molecule has 5 heteroatoms. The number of alkyl halides is 3. The van der Waals surface area contributed by atoms with Crippen molar-refractivity contribution >= 4 is 10.9 Å². The van der Waals surface area contributed by atoms with Crippen molar-refractivity contribution in [2.45, 2.75) is 40.3 Å². The second-order valence-electron chi connectivity index (χ2n) is 6.43. The molecule has 2 nitrogen and oxygen atoms in total. The van der Waals surface area contributed by atoms with Gasteiger partial charge in [0.1, 0.15) is 5.76 Å². The number of rotatable bonds is 3. The van der Waals surface area contributed by atoms with Gasteiger partial charge >= 0.3 is 6.18 Å². The lowest BCUT2D eigenvalue weighted by atomic mass is 10.0. The molecule has 0 saturated carbocycles. The van der Waals surface area contributed by atoms with E-state index in [-0.39, 0.29) is 6.92 Å². The van der Waals surface area contributed by atoms with Gasteiger partial charge < -0.3 is 9.40 Å². The van der Waals surface area contributed by atoms with E-state index in [2.05, 4.69) is 54.4 Å². The molecular weight excluding hydrogens is 375 g/mol. The number of fused-ring (bicyclic) bond motifs is 1. The van der Waals surface area contributed by atoms with Crippen molar-refractivity contribution in [2.24, 2.45) is 0 Å². The highest BCUT2D eigenvalue weighted by atomic mass is 19.4. The lowest BCUT2D eigenvalue weighted by Crippen LogP contribution is -1.95. The Morgan fingerprint density at radius 2 is 1.59 bits per heavy atom. The number of aryl methyl sites for hydroxylation is 1. The lowest BCUT2D eigenvalue weighted by Gasteiger charge is -2.04. The first-order valence-corrected chi connectivity index (χ1v) is 9.57. The Balaban J connectivity index is 0.000000378. The van der Waals surface area contributed by atoms with Gasteiger partial charge in [0, 0.05) is 24.2 Å². The van der Waals surface area contributed by atoms with E-state index in [1.807, 2.05) is 32.0 Å². The van der Waals surface area contributed by atoms with Crippen LogP contribution in [-0.2, 0) is 6.42 Å². The van der Waals surface area contributed by atoms with Gasteiger partial charge in [-0.25, -0.2) is 0 Å². The van der Waals surface area contributed by atoms with Crippen LogP contribution in [0.4, 0.5) is 13.2 Å². The van der Waals surface area contributed by atoms with E-state index in [1.165, 1.54) is 33.3 Å². The fraction of sp³-hybridized carbons (Fsp3) is 0.250. The first-order valence-electron chi connectivity index (χ1n) is 9.57. The molecular formula is C24H26F3NO. The van der Waals surface area contributed by atoms with Crippen LogP contribution in [0.15, 0.2) is 71.3 Å². The molecule has 0 aliphatic carbocycles. The van der Waals surface area contributed by atoms with Crippen LogP contribution in [-0.4, -0.2) is 11.2 Å². The van der Waals surface area contributed by atoms with E-state index in [0.29, 0.717) is 0 Å². The minimum Gasteiger partial charge on any atom is -0.469 e. The summed E-state index contributed by atoms with van der Waals surface area (Å²) in [4.78, 5) is 3.59. The summed E-state index contributed by atoms with van der Waals surface area (Å²) in [5, 5.41) is 1.26. The monoisotopic (exact) mass is 401 g/mol. The van der Waals surface area contributed by atoms with Gasteiger partial charge in [0.2, 0.25) is 0 Å². The highest BCUT2D eigenvalue weighted by Gasteiger charge is 2.16. The molecule has 0 radical (unpaired) electrons. The Morgan fingerprint density at radius 1 is 0.931 bits per heavy atom. The second kappa shape index (κ2) is 10.0. The third-order valence-corrected chi connectivity index (χ3v) is 4.06. The number of aromatic amines is 1. The predicted octanol–water partition coefficient (Wildman–Crippen LogP) is 7.92. The van der Waals surface area contributed by atoms with Crippen LogP contribution in [0.2, 0.25) is 0 Å². The first kappa shape index (κ1) is 22.3. The Morgan fingerprint density at radius 3 is 2.17 bits per heavy atom. The predicted molar refractivity (Wildman–Crippen MR) is 113 cm³/mol. The van der Waals surface area contributed by atoms with Crippen LogP contribution in [0.1, 0.15) is 37.7 Å². The van der Waals surface area contributed by atoms with E-state index in [0.717, 1.165) is 12.2 Å². The van der Waals surface area contributed by atoms with E-state index in [4.69, 9.17) is 4.42 Å². The highest BCUT2D eigenvalue weighted by molar-refractivity contribution is 5.91. The molecule has 2 aromatic carbocycles. The van der Waals surface area contributed by atoms with Gasteiger partial charge in [0.15, 0.2) is 0 Å². The zero-order valence-corrected chi connectivity index (χ0v) is 17.1. The van der Waals surface area contributed by atoms with Gasteiger partial charge in [-0.2, -0.15) is 13.2 Å². The zero-order valence-electron chi connectivity index (χ0n) is 17.1. The van der Waals surface area contributed by atoms with E-state index >= 15 is 0 Å². The summed E-state index contributed by atoms with van der Waals surface area (Å²) in [6, 6.07) is 21.0. The molecule has 0 aliphatic heterocycles. The average Bonchev–Trinajstić information content (AvgIpc) is 3.31. The fourth-order valence-electron chi connectivity index (χ4n) is 2.99. The van der Waals surface area contributed by atoms with Gasteiger partial charge in [-0.1, -0.05) is 56.3 Å². The Kier molecular flexibility index (Phi) is 7.71. The van der Waals surface area contributed by atoms with Gasteiger partial charge in [-0.3, -0.25) is 0 Å². The highest BCUT2D eigenvalue weighted by Crippen LogP contribution is 2.32. The van der Waals surface area contributed by atoms with Crippen LogP contribution in [0.3, 0.4) is 0 Å². The van der Waals surface area contributed by atoms with Crippen LogP contribution >= 0.6 is 0 Å². The van der Waals surface area contributed by atoms with E-state index in [1.54, 1.807) is 6.26 Å². The molecule has 0 fully saturated rings. The van der Waals surface area contributed by atoms with Crippen molar-refractivity contribution in [2.75, 3.05) is 0 Å². The Bertz CT molecular complexity index is 994. The number of nitrogens with one attached hydrogen (secondary N) is 1. The Hall–Kier alpha value is -2.95. The molecule has 0 spiro atoms. The molecule has 2 heterocycles. The molecule has 4 aromatic rings. The Labute approximate surface area is 169 Å².